The molecular formula is C18H16FNO4. The van der Waals surface area contributed by atoms with Gasteiger partial charge >= 0.3 is 5.97 Å². The van der Waals surface area contributed by atoms with Crippen LogP contribution < -0.4 is 10.1 Å². The first-order valence-electron chi connectivity index (χ1n) is 7.48. The standard InChI is InChI=1S/C18H16FNO4/c1-23-18(22)12-4-7-16-13(8-12)9-15(24-16)10-20-17(21)11-2-5-14(19)6-3-11/h2-8,15H,9-10H2,1H3,(H,20,21)/t15-/m0/s1. The van der Waals surface area contributed by atoms with Gasteiger partial charge in [-0.05, 0) is 48.0 Å². The van der Waals surface area contributed by atoms with Crippen LogP contribution in [0.5, 0.6) is 5.75 Å². The van der Waals surface area contributed by atoms with Crippen molar-refractivity contribution >= 4 is 11.9 Å². The summed E-state index contributed by atoms with van der Waals surface area (Å²) in [5.74, 6) is -0.373. The molecule has 0 aromatic heterocycles. The van der Waals surface area contributed by atoms with Crippen LogP contribution in [0.3, 0.4) is 0 Å². The van der Waals surface area contributed by atoms with Crippen LogP contribution in [0, 0.1) is 5.82 Å². The number of carbonyl (C=O) groups is 2. The number of esters is 1. The summed E-state index contributed by atoms with van der Waals surface area (Å²) in [5.41, 5.74) is 1.76. The number of hydrogen-bond acceptors (Lipinski definition) is 4. The molecule has 3 rings (SSSR count). The van der Waals surface area contributed by atoms with Gasteiger partial charge in [0, 0.05) is 12.0 Å². The molecule has 1 amide bonds. The average molecular weight is 329 g/mol. The van der Waals surface area contributed by atoms with E-state index in [0.717, 1.165) is 5.56 Å². The molecule has 0 aliphatic carbocycles. The number of nitrogens with one attached hydrogen (secondary N) is 1. The summed E-state index contributed by atoms with van der Waals surface area (Å²) in [6, 6.07) is 10.4. The predicted molar refractivity (Wildman–Crippen MR) is 84.6 cm³/mol. The Morgan fingerprint density at radius 1 is 1.21 bits per heavy atom. The molecule has 6 heteroatoms. The van der Waals surface area contributed by atoms with Crippen LogP contribution in [0.25, 0.3) is 0 Å². The number of hydrogen-bond donors (Lipinski definition) is 1. The number of amides is 1. The summed E-state index contributed by atoms with van der Waals surface area (Å²) in [7, 11) is 1.33. The molecule has 0 saturated heterocycles. The molecule has 0 unspecified atom stereocenters. The van der Waals surface area contributed by atoms with E-state index in [2.05, 4.69) is 5.32 Å². The third-order valence-electron chi connectivity index (χ3n) is 3.82. The molecule has 0 saturated carbocycles. The van der Waals surface area contributed by atoms with Gasteiger partial charge in [0.25, 0.3) is 5.91 Å². The van der Waals surface area contributed by atoms with Gasteiger partial charge in [-0.1, -0.05) is 0 Å². The van der Waals surface area contributed by atoms with E-state index in [-0.39, 0.29) is 17.8 Å². The summed E-state index contributed by atoms with van der Waals surface area (Å²) in [4.78, 5) is 23.6. The lowest BCUT2D eigenvalue weighted by molar-refractivity contribution is 0.0600. The smallest absolute Gasteiger partial charge is 0.337 e. The highest BCUT2D eigenvalue weighted by Crippen LogP contribution is 2.29. The molecule has 1 N–H and O–H groups in total. The highest BCUT2D eigenvalue weighted by atomic mass is 19.1. The summed E-state index contributed by atoms with van der Waals surface area (Å²) in [6.45, 7) is 0.318. The fourth-order valence-corrected chi connectivity index (χ4v) is 2.59. The lowest BCUT2D eigenvalue weighted by Crippen LogP contribution is -2.34. The highest BCUT2D eigenvalue weighted by molar-refractivity contribution is 5.94. The maximum absolute atomic E-state index is 12.9. The molecule has 0 spiro atoms. The Labute approximate surface area is 138 Å². The van der Waals surface area contributed by atoms with E-state index in [9.17, 15) is 14.0 Å². The second-order valence-electron chi connectivity index (χ2n) is 5.47. The fourth-order valence-electron chi connectivity index (χ4n) is 2.59. The molecule has 0 fully saturated rings. The van der Waals surface area contributed by atoms with Gasteiger partial charge in [0.15, 0.2) is 0 Å². The van der Waals surface area contributed by atoms with Crippen LogP contribution in [-0.2, 0) is 11.2 Å². The summed E-state index contributed by atoms with van der Waals surface area (Å²) in [5, 5.41) is 2.77. The lowest BCUT2D eigenvalue weighted by atomic mass is 10.1. The minimum absolute atomic E-state index is 0.211. The minimum atomic E-state index is -0.397. The highest BCUT2D eigenvalue weighted by Gasteiger charge is 2.24. The van der Waals surface area contributed by atoms with Crippen LogP contribution in [0.1, 0.15) is 26.3 Å². The number of rotatable bonds is 4. The van der Waals surface area contributed by atoms with E-state index in [1.807, 2.05) is 0 Å². The Morgan fingerprint density at radius 3 is 2.62 bits per heavy atom. The molecule has 1 heterocycles. The van der Waals surface area contributed by atoms with E-state index in [4.69, 9.17) is 9.47 Å². The molecule has 0 bridgehead atoms. The Kier molecular flexibility index (Phi) is 4.46. The Balaban J connectivity index is 1.59. The quantitative estimate of drug-likeness (QED) is 0.875. The minimum Gasteiger partial charge on any atom is -0.488 e. The Morgan fingerprint density at radius 2 is 1.92 bits per heavy atom. The van der Waals surface area contributed by atoms with Gasteiger partial charge in [0.1, 0.15) is 17.7 Å². The molecule has 1 atom stereocenters. The third kappa shape index (κ3) is 3.37. The van der Waals surface area contributed by atoms with Crippen molar-refractivity contribution in [1.29, 1.82) is 0 Å². The number of benzene rings is 2. The maximum Gasteiger partial charge on any atom is 0.337 e. The van der Waals surface area contributed by atoms with Gasteiger partial charge in [-0.2, -0.15) is 0 Å². The number of methoxy groups -OCH3 is 1. The zero-order chi connectivity index (χ0) is 17.1. The lowest BCUT2D eigenvalue weighted by Gasteiger charge is -2.12. The van der Waals surface area contributed by atoms with Crippen molar-refractivity contribution in [3.05, 3.63) is 65.0 Å². The predicted octanol–water partition coefficient (Wildman–Crippen LogP) is 2.35. The fraction of sp³-hybridized carbons (Fsp3) is 0.222. The van der Waals surface area contributed by atoms with Gasteiger partial charge in [-0.25, -0.2) is 9.18 Å². The van der Waals surface area contributed by atoms with Crippen LogP contribution in [0.15, 0.2) is 42.5 Å². The van der Waals surface area contributed by atoms with Crippen molar-refractivity contribution < 1.29 is 23.5 Å². The van der Waals surface area contributed by atoms with Gasteiger partial charge < -0.3 is 14.8 Å². The van der Waals surface area contributed by atoms with Gasteiger partial charge in [0.05, 0.1) is 19.2 Å². The van der Waals surface area contributed by atoms with E-state index in [1.165, 1.54) is 31.4 Å². The van der Waals surface area contributed by atoms with Crippen LogP contribution in [-0.4, -0.2) is 31.6 Å². The SMILES string of the molecule is COC(=O)c1ccc2c(c1)C[C@@H](CNC(=O)c1ccc(F)cc1)O2. The summed E-state index contributed by atoms with van der Waals surface area (Å²) >= 11 is 0. The van der Waals surface area contributed by atoms with E-state index >= 15 is 0 Å². The first-order chi connectivity index (χ1) is 11.6. The van der Waals surface area contributed by atoms with Crippen molar-refractivity contribution in [1.82, 2.24) is 5.32 Å². The number of fused-ring (bicyclic) bond motifs is 1. The van der Waals surface area contributed by atoms with Crippen molar-refractivity contribution in [3.63, 3.8) is 0 Å². The third-order valence-corrected chi connectivity index (χ3v) is 3.82. The Bertz CT molecular complexity index is 773. The number of carbonyl (C=O) groups excluding carboxylic acids is 2. The van der Waals surface area contributed by atoms with Crippen molar-refractivity contribution in [2.75, 3.05) is 13.7 Å². The topological polar surface area (TPSA) is 64.6 Å². The molecule has 5 nitrogen and oxygen atoms in total. The molecule has 2 aromatic carbocycles. The second-order valence-corrected chi connectivity index (χ2v) is 5.47. The second kappa shape index (κ2) is 6.70. The normalized spacial score (nSPS) is 15.3. The zero-order valence-electron chi connectivity index (χ0n) is 13.0. The Hall–Kier alpha value is -2.89. The van der Waals surface area contributed by atoms with Gasteiger partial charge in [0.2, 0.25) is 0 Å². The molecule has 0 radical (unpaired) electrons. The molecule has 1 aliphatic rings. The average Bonchev–Trinajstić information content (AvgIpc) is 3.01. The van der Waals surface area contributed by atoms with Crippen LogP contribution in [0.4, 0.5) is 4.39 Å². The first-order valence-corrected chi connectivity index (χ1v) is 7.48. The molecule has 124 valence electrons. The first kappa shape index (κ1) is 16.0. The number of halogens is 1. The van der Waals surface area contributed by atoms with Gasteiger partial charge in [-0.15, -0.1) is 0 Å². The van der Waals surface area contributed by atoms with Crippen molar-refractivity contribution in [2.24, 2.45) is 0 Å². The largest absolute Gasteiger partial charge is 0.488 e. The van der Waals surface area contributed by atoms with Crippen molar-refractivity contribution in [3.8, 4) is 5.75 Å². The number of ether oxygens (including phenoxy) is 2. The zero-order valence-corrected chi connectivity index (χ0v) is 13.0. The van der Waals surface area contributed by atoms with E-state index in [1.54, 1.807) is 18.2 Å². The van der Waals surface area contributed by atoms with Gasteiger partial charge in [-0.3, -0.25) is 4.79 Å². The molecule has 24 heavy (non-hydrogen) atoms. The summed E-state index contributed by atoms with van der Waals surface area (Å²) < 4.78 is 23.3. The van der Waals surface area contributed by atoms with Crippen LogP contribution >= 0.6 is 0 Å². The molecular weight excluding hydrogens is 313 g/mol. The van der Waals surface area contributed by atoms with Crippen LogP contribution in [0.2, 0.25) is 0 Å². The van der Waals surface area contributed by atoms with Crippen molar-refractivity contribution in [2.45, 2.75) is 12.5 Å². The van der Waals surface area contributed by atoms with E-state index in [0.29, 0.717) is 29.8 Å². The summed E-state index contributed by atoms with van der Waals surface area (Å²) in [6.07, 6.45) is 0.376. The van der Waals surface area contributed by atoms with E-state index < -0.39 is 5.97 Å². The molecule has 2 aromatic rings. The monoisotopic (exact) mass is 329 g/mol. The molecule has 1 aliphatic heterocycles. The maximum atomic E-state index is 12.9.